The largest absolute Gasteiger partial charge is 0.317 e. The third-order valence-corrected chi connectivity index (χ3v) is 4.59. The monoisotopic (exact) mass is 362 g/mol. The second kappa shape index (κ2) is 5.54. The average molecular weight is 363 g/mol. The fourth-order valence-corrected chi connectivity index (χ4v) is 3.25. The Morgan fingerprint density at radius 3 is 2.67 bits per heavy atom. The number of benzene rings is 1. The Morgan fingerprint density at radius 2 is 2.00 bits per heavy atom. The standard InChI is InChI=1S/C15H11BrN2O2S/c1-17-14(19)13(21-15(17)20)9-12-6-3-7-18(12)11-5-2-4-10(16)8-11/h2-9H,1H3/b13-9+. The molecule has 0 bridgehead atoms. The topological polar surface area (TPSA) is 42.3 Å². The quantitative estimate of drug-likeness (QED) is 0.760. The van der Waals surface area contributed by atoms with Gasteiger partial charge in [0, 0.05) is 29.1 Å². The molecule has 106 valence electrons. The predicted octanol–water partition coefficient (Wildman–Crippen LogP) is 3.91. The number of halogens is 1. The summed E-state index contributed by atoms with van der Waals surface area (Å²) in [5.41, 5.74) is 1.84. The minimum Gasteiger partial charge on any atom is -0.317 e. The van der Waals surface area contributed by atoms with Crippen LogP contribution in [0.4, 0.5) is 4.79 Å². The lowest BCUT2D eigenvalue weighted by Crippen LogP contribution is -2.22. The molecule has 3 rings (SSSR count). The van der Waals surface area contributed by atoms with Gasteiger partial charge in [0.2, 0.25) is 0 Å². The minimum absolute atomic E-state index is 0.244. The molecule has 1 aromatic heterocycles. The van der Waals surface area contributed by atoms with Crippen LogP contribution in [0, 0.1) is 0 Å². The molecule has 2 amide bonds. The molecular weight excluding hydrogens is 352 g/mol. The van der Waals surface area contributed by atoms with Gasteiger partial charge in [-0.25, -0.2) is 0 Å². The Morgan fingerprint density at radius 1 is 1.19 bits per heavy atom. The molecule has 0 atom stereocenters. The number of imide groups is 1. The molecule has 2 heterocycles. The van der Waals surface area contributed by atoms with Gasteiger partial charge in [-0.2, -0.15) is 0 Å². The van der Waals surface area contributed by atoms with Crippen molar-refractivity contribution in [2.24, 2.45) is 0 Å². The van der Waals surface area contributed by atoms with Gasteiger partial charge in [-0.1, -0.05) is 22.0 Å². The smallest absolute Gasteiger partial charge is 0.293 e. The van der Waals surface area contributed by atoms with E-state index in [0.717, 1.165) is 32.5 Å². The van der Waals surface area contributed by atoms with E-state index in [4.69, 9.17) is 0 Å². The van der Waals surface area contributed by atoms with Crippen molar-refractivity contribution in [2.45, 2.75) is 0 Å². The van der Waals surface area contributed by atoms with E-state index in [2.05, 4.69) is 15.9 Å². The number of likely N-dealkylation sites (N-methyl/N-ethyl adjacent to an activating group) is 1. The van der Waals surface area contributed by atoms with Crippen LogP contribution in [0.3, 0.4) is 0 Å². The lowest BCUT2D eigenvalue weighted by atomic mass is 10.3. The number of aromatic nitrogens is 1. The summed E-state index contributed by atoms with van der Waals surface area (Å²) in [7, 11) is 1.49. The molecule has 1 aliphatic heterocycles. The number of hydrogen-bond acceptors (Lipinski definition) is 3. The molecule has 6 heteroatoms. The van der Waals surface area contributed by atoms with E-state index >= 15 is 0 Å². The third kappa shape index (κ3) is 2.69. The highest BCUT2D eigenvalue weighted by molar-refractivity contribution is 9.10. The van der Waals surface area contributed by atoms with Crippen molar-refractivity contribution in [3.63, 3.8) is 0 Å². The van der Waals surface area contributed by atoms with Crippen molar-refractivity contribution < 1.29 is 9.59 Å². The maximum absolute atomic E-state index is 11.9. The SMILES string of the molecule is CN1C(=O)S/C(=C/c2cccn2-c2cccc(Br)c2)C1=O. The number of carbonyl (C=O) groups is 2. The Kier molecular flexibility index (Phi) is 3.73. The summed E-state index contributed by atoms with van der Waals surface area (Å²) in [6, 6.07) is 11.7. The molecule has 0 aliphatic carbocycles. The molecule has 2 aromatic rings. The van der Waals surface area contributed by atoms with Gasteiger partial charge in [-0.3, -0.25) is 14.5 Å². The normalized spacial score (nSPS) is 17.0. The minimum atomic E-state index is -0.257. The van der Waals surface area contributed by atoms with Crippen LogP contribution in [0.2, 0.25) is 0 Å². The summed E-state index contributed by atoms with van der Waals surface area (Å²) in [6.07, 6.45) is 3.67. The summed E-state index contributed by atoms with van der Waals surface area (Å²) in [5.74, 6) is -0.257. The molecule has 0 saturated carbocycles. The average Bonchev–Trinajstić information content (AvgIpc) is 3.01. The molecule has 0 spiro atoms. The van der Waals surface area contributed by atoms with Gasteiger partial charge in [-0.05, 0) is 48.2 Å². The number of hydrogen-bond donors (Lipinski definition) is 0. The van der Waals surface area contributed by atoms with Crippen molar-refractivity contribution in [3.8, 4) is 5.69 Å². The summed E-state index contributed by atoms with van der Waals surface area (Å²) >= 11 is 4.41. The Bertz CT molecular complexity index is 767. The second-order valence-electron chi connectivity index (χ2n) is 4.52. The molecular formula is C15H11BrN2O2S. The van der Waals surface area contributed by atoms with Gasteiger partial charge in [0.15, 0.2) is 0 Å². The van der Waals surface area contributed by atoms with E-state index in [9.17, 15) is 9.59 Å². The van der Waals surface area contributed by atoms with Crippen molar-refractivity contribution in [1.82, 2.24) is 9.47 Å². The van der Waals surface area contributed by atoms with E-state index in [-0.39, 0.29) is 11.1 Å². The van der Waals surface area contributed by atoms with Crippen LogP contribution in [0.5, 0.6) is 0 Å². The van der Waals surface area contributed by atoms with Crippen LogP contribution in [0.25, 0.3) is 11.8 Å². The van der Waals surface area contributed by atoms with Crippen LogP contribution in [-0.2, 0) is 4.79 Å². The highest BCUT2D eigenvalue weighted by Crippen LogP contribution is 2.31. The second-order valence-corrected chi connectivity index (χ2v) is 6.43. The molecule has 1 saturated heterocycles. The van der Waals surface area contributed by atoms with Crippen molar-refractivity contribution in [3.05, 3.63) is 57.7 Å². The number of amides is 2. The molecule has 0 unspecified atom stereocenters. The number of rotatable bonds is 2. The van der Waals surface area contributed by atoms with Crippen LogP contribution in [0.15, 0.2) is 52.0 Å². The van der Waals surface area contributed by atoms with Gasteiger partial charge < -0.3 is 4.57 Å². The zero-order chi connectivity index (χ0) is 15.0. The Labute approximate surface area is 134 Å². The summed E-state index contributed by atoms with van der Waals surface area (Å²) in [5, 5.41) is -0.244. The van der Waals surface area contributed by atoms with E-state index in [1.165, 1.54) is 7.05 Å². The maximum Gasteiger partial charge on any atom is 0.293 e. The van der Waals surface area contributed by atoms with E-state index < -0.39 is 0 Å². The number of nitrogens with zero attached hydrogens (tertiary/aromatic N) is 2. The Hall–Kier alpha value is -1.79. The van der Waals surface area contributed by atoms with E-state index in [1.54, 1.807) is 6.08 Å². The van der Waals surface area contributed by atoms with Crippen molar-refractivity contribution in [1.29, 1.82) is 0 Å². The van der Waals surface area contributed by atoms with Crippen LogP contribution < -0.4 is 0 Å². The zero-order valence-corrected chi connectivity index (χ0v) is 13.5. The lowest BCUT2D eigenvalue weighted by Gasteiger charge is -2.07. The highest BCUT2D eigenvalue weighted by atomic mass is 79.9. The van der Waals surface area contributed by atoms with Gasteiger partial charge in [0.25, 0.3) is 11.1 Å². The first-order valence-corrected chi connectivity index (χ1v) is 7.82. The zero-order valence-electron chi connectivity index (χ0n) is 11.1. The van der Waals surface area contributed by atoms with Crippen molar-refractivity contribution in [2.75, 3.05) is 7.05 Å². The molecule has 0 radical (unpaired) electrons. The van der Waals surface area contributed by atoms with E-state index in [1.807, 2.05) is 47.2 Å². The Balaban J connectivity index is 2.01. The maximum atomic E-state index is 11.9. The van der Waals surface area contributed by atoms with Gasteiger partial charge >= 0.3 is 0 Å². The van der Waals surface area contributed by atoms with Gasteiger partial charge in [0.05, 0.1) is 4.91 Å². The van der Waals surface area contributed by atoms with Gasteiger partial charge in [-0.15, -0.1) is 0 Å². The number of carbonyl (C=O) groups excluding carboxylic acids is 2. The first kappa shape index (κ1) is 14.2. The third-order valence-electron chi connectivity index (χ3n) is 3.13. The molecule has 0 N–H and O–H groups in total. The van der Waals surface area contributed by atoms with Crippen molar-refractivity contribution >= 4 is 44.9 Å². The van der Waals surface area contributed by atoms with Crippen LogP contribution in [0.1, 0.15) is 5.69 Å². The fourth-order valence-electron chi connectivity index (χ4n) is 2.05. The van der Waals surface area contributed by atoms with Gasteiger partial charge in [0.1, 0.15) is 0 Å². The first-order valence-electron chi connectivity index (χ1n) is 6.21. The fraction of sp³-hybridized carbons (Fsp3) is 0.0667. The predicted molar refractivity (Wildman–Crippen MR) is 87.2 cm³/mol. The highest BCUT2D eigenvalue weighted by Gasteiger charge is 2.31. The molecule has 1 aliphatic rings. The van der Waals surface area contributed by atoms with Crippen LogP contribution in [-0.4, -0.2) is 27.7 Å². The molecule has 4 nitrogen and oxygen atoms in total. The first-order chi connectivity index (χ1) is 10.1. The lowest BCUT2D eigenvalue weighted by molar-refractivity contribution is -0.121. The number of thioether (sulfide) groups is 1. The summed E-state index contributed by atoms with van der Waals surface area (Å²) in [6.45, 7) is 0. The molecule has 1 aromatic carbocycles. The summed E-state index contributed by atoms with van der Waals surface area (Å²) < 4.78 is 2.95. The molecule has 21 heavy (non-hydrogen) atoms. The molecule has 1 fully saturated rings. The van der Waals surface area contributed by atoms with Crippen LogP contribution >= 0.6 is 27.7 Å². The summed E-state index contributed by atoms with van der Waals surface area (Å²) in [4.78, 5) is 25.1. The van der Waals surface area contributed by atoms with E-state index in [0.29, 0.717) is 4.91 Å².